The van der Waals surface area contributed by atoms with Crippen LogP contribution in [0.1, 0.15) is 34.5 Å². The Balaban J connectivity index is 1.33. The fourth-order valence-electron chi connectivity index (χ4n) is 5.13. The molecule has 36 heavy (non-hydrogen) atoms. The number of benzene rings is 2. The molecule has 0 bridgehead atoms. The lowest BCUT2D eigenvalue weighted by atomic mass is 9.97. The Morgan fingerprint density at radius 3 is 2.58 bits per heavy atom. The van der Waals surface area contributed by atoms with Crippen LogP contribution in [-0.4, -0.2) is 63.8 Å². The van der Waals surface area contributed by atoms with E-state index < -0.39 is 0 Å². The van der Waals surface area contributed by atoms with Gasteiger partial charge >= 0.3 is 0 Å². The van der Waals surface area contributed by atoms with Crippen molar-refractivity contribution in [1.82, 2.24) is 19.7 Å². The normalized spacial score (nSPS) is 14.6. The number of pyridine rings is 1. The molecule has 7 heteroatoms. The number of aromatic nitrogens is 3. The molecule has 0 spiro atoms. The fourth-order valence-corrected chi connectivity index (χ4v) is 5.13. The van der Waals surface area contributed by atoms with E-state index in [4.69, 9.17) is 0 Å². The molecule has 1 saturated heterocycles. The number of carbonyl (C=O) groups is 1. The van der Waals surface area contributed by atoms with Crippen molar-refractivity contribution in [3.63, 3.8) is 0 Å². The van der Waals surface area contributed by atoms with E-state index in [-0.39, 0.29) is 12.4 Å². The topological polar surface area (TPSA) is 74.5 Å². The zero-order valence-corrected chi connectivity index (χ0v) is 21.2. The minimum atomic E-state index is -0.0694. The summed E-state index contributed by atoms with van der Waals surface area (Å²) in [5.41, 5.74) is 4.37. The minimum Gasteiger partial charge on any atom is -0.390 e. The van der Waals surface area contributed by atoms with Gasteiger partial charge in [-0.3, -0.25) is 9.48 Å². The van der Waals surface area contributed by atoms with Crippen LogP contribution in [0, 0.1) is 0 Å². The van der Waals surface area contributed by atoms with Gasteiger partial charge in [-0.15, -0.1) is 0 Å². The molecule has 0 atom stereocenters. The number of hydrogen-bond donors (Lipinski definition) is 1. The van der Waals surface area contributed by atoms with Crippen LogP contribution in [0.4, 0.5) is 5.82 Å². The standard InChI is InChI=1S/C29H33N5O2/c1-32(2)25-9-12-34(13-10-25)29-17-23(8-11-30-29)28(36)15-20-4-5-21-6-7-22(16-24(21)14-20)26-18-31-33(3)27(26)19-35/h4-8,11,14,16-18,25,35H,9-10,12-13,15,19H2,1-3H3. The lowest BCUT2D eigenvalue weighted by Crippen LogP contribution is -2.42. The van der Waals surface area contributed by atoms with E-state index in [2.05, 4.69) is 58.2 Å². The molecular weight excluding hydrogens is 450 g/mol. The van der Waals surface area contributed by atoms with Crippen LogP contribution >= 0.6 is 0 Å². The number of aliphatic hydroxyl groups excluding tert-OH is 1. The third kappa shape index (κ3) is 4.90. The van der Waals surface area contributed by atoms with E-state index >= 15 is 0 Å². The molecule has 2 aromatic heterocycles. The van der Waals surface area contributed by atoms with Gasteiger partial charge in [-0.2, -0.15) is 5.10 Å². The van der Waals surface area contributed by atoms with Crippen molar-refractivity contribution in [3.05, 3.63) is 77.7 Å². The zero-order valence-electron chi connectivity index (χ0n) is 21.2. The third-order valence-electron chi connectivity index (χ3n) is 7.38. The molecule has 1 fully saturated rings. The average molecular weight is 484 g/mol. The Labute approximate surface area is 212 Å². The Kier molecular flexibility index (Phi) is 6.85. The second-order valence-electron chi connectivity index (χ2n) is 9.87. The van der Waals surface area contributed by atoms with Gasteiger partial charge in [0, 0.05) is 49.9 Å². The molecule has 7 nitrogen and oxygen atoms in total. The van der Waals surface area contributed by atoms with Gasteiger partial charge in [0.05, 0.1) is 18.5 Å². The van der Waals surface area contributed by atoms with Gasteiger partial charge in [0.1, 0.15) is 5.82 Å². The first-order chi connectivity index (χ1) is 17.4. The van der Waals surface area contributed by atoms with E-state index in [0.717, 1.165) is 64.9 Å². The molecule has 186 valence electrons. The van der Waals surface area contributed by atoms with E-state index in [1.54, 1.807) is 17.1 Å². The minimum absolute atomic E-state index is 0.0694. The van der Waals surface area contributed by atoms with Crippen molar-refractivity contribution in [2.45, 2.75) is 31.9 Å². The second kappa shape index (κ2) is 10.2. The summed E-state index contributed by atoms with van der Waals surface area (Å²) in [7, 11) is 6.10. The number of aryl methyl sites for hydroxylation is 1. The van der Waals surface area contributed by atoms with Gasteiger partial charge in [0.15, 0.2) is 5.78 Å². The largest absolute Gasteiger partial charge is 0.390 e. The lowest BCUT2D eigenvalue weighted by Gasteiger charge is -2.35. The fraction of sp³-hybridized carbons (Fsp3) is 0.345. The Hall–Kier alpha value is -3.55. The summed E-state index contributed by atoms with van der Waals surface area (Å²) in [5.74, 6) is 0.976. The molecule has 5 rings (SSSR count). The number of piperidine rings is 1. The van der Waals surface area contributed by atoms with Crippen molar-refractivity contribution >= 4 is 22.4 Å². The third-order valence-corrected chi connectivity index (χ3v) is 7.38. The molecule has 1 aliphatic rings. The second-order valence-corrected chi connectivity index (χ2v) is 9.87. The summed E-state index contributed by atoms with van der Waals surface area (Å²) in [4.78, 5) is 22.3. The van der Waals surface area contributed by atoms with Crippen LogP contribution < -0.4 is 4.90 Å². The maximum atomic E-state index is 13.2. The van der Waals surface area contributed by atoms with Crippen molar-refractivity contribution in [1.29, 1.82) is 0 Å². The molecule has 0 saturated carbocycles. The Morgan fingerprint density at radius 1 is 1.06 bits per heavy atom. The molecule has 1 N–H and O–H groups in total. The summed E-state index contributed by atoms with van der Waals surface area (Å²) in [5, 5.41) is 16.2. The monoisotopic (exact) mass is 483 g/mol. The molecule has 0 amide bonds. The number of anilines is 1. The van der Waals surface area contributed by atoms with Crippen molar-refractivity contribution < 1.29 is 9.90 Å². The van der Waals surface area contributed by atoms with Crippen molar-refractivity contribution in [2.24, 2.45) is 7.05 Å². The highest BCUT2D eigenvalue weighted by Crippen LogP contribution is 2.28. The SMILES string of the molecule is CN(C)C1CCN(c2cc(C(=O)Cc3ccc4ccc(-c5cnn(C)c5CO)cc4c3)ccn2)CC1. The molecule has 0 aliphatic carbocycles. The zero-order chi connectivity index (χ0) is 25.2. The molecule has 0 radical (unpaired) electrons. The number of hydrogen-bond acceptors (Lipinski definition) is 6. The van der Waals surface area contributed by atoms with Gasteiger partial charge in [0.25, 0.3) is 0 Å². The molecule has 4 aromatic rings. The summed E-state index contributed by atoms with van der Waals surface area (Å²) in [6.45, 7) is 1.84. The Bertz CT molecular complexity index is 1390. The van der Waals surface area contributed by atoms with Gasteiger partial charge < -0.3 is 14.9 Å². The van der Waals surface area contributed by atoms with Crippen LogP contribution in [0.5, 0.6) is 0 Å². The lowest BCUT2D eigenvalue weighted by molar-refractivity contribution is 0.0993. The number of ketones is 1. The first-order valence-corrected chi connectivity index (χ1v) is 12.5. The molecule has 0 unspecified atom stereocenters. The van der Waals surface area contributed by atoms with Gasteiger partial charge in [-0.25, -0.2) is 4.98 Å². The maximum absolute atomic E-state index is 13.2. The van der Waals surface area contributed by atoms with Crippen LogP contribution in [0.25, 0.3) is 21.9 Å². The number of aliphatic hydroxyl groups is 1. The number of nitrogens with zero attached hydrogens (tertiary/aromatic N) is 5. The van der Waals surface area contributed by atoms with Gasteiger partial charge in [0.2, 0.25) is 0 Å². The van der Waals surface area contributed by atoms with Crippen LogP contribution in [0.15, 0.2) is 60.9 Å². The number of carbonyl (C=O) groups excluding carboxylic acids is 1. The predicted molar refractivity (Wildman–Crippen MR) is 143 cm³/mol. The smallest absolute Gasteiger partial charge is 0.167 e. The van der Waals surface area contributed by atoms with E-state index in [0.29, 0.717) is 18.0 Å². The summed E-state index contributed by atoms with van der Waals surface area (Å²) in [6, 6.07) is 16.7. The van der Waals surface area contributed by atoms with Crippen LogP contribution in [-0.2, 0) is 20.1 Å². The average Bonchev–Trinajstić information content (AvgIpc) is 3.28. The summed E-state index contributed by atoms with van der Waals surface area (Å²) < 4.78 is 1.70. The van der Waals surface area contributed by atoms with Crippen molar-refractivity contribution in [3.8, 4) is 11.1 Å². The molecule has 3 heterocycles. The first kappa shape index (κ1) is 24.2. The molecule has 2 aromatic carbocycles. The summed E-state index contributed by atoms with van der Waals surface area (Å²) >= 11 is 0. The van der Waals surface area contributed by atoms with Crippen LogP contribution in [0.3, 0.4) is 0 Å². The molecular formula is C29H33N5O2. The summed E-state index contributed by atoms with van der Waals surface area (Å²) in [6.07, 6.45) is 6.07. The maximum Gasteiger partial charge on any atom is 0.167 e. The van der Waals surface area contributed by atoms with Gasteiger partial charge in [-0.05, 0) is 67.0 Å². The molecule has 1 aliphatic heterocycles. The van der Waals surface area contributed by atoms with Crippen molar-refractivity contribution in [2.75, 3.05) is 32.1 Å². The van der Waals surface area contributed by atoms with E-state index in [9.17, 15) is 9.90 Å². The van der Waals surface area contributed by atoms with E-state index in [1.807, 2.05) is 31.3 Å². The Morgan fingerprint density at radius 2 is 1.83 bits per heavy atom. The highest BCUT2D eigenvalue weighted by Gasteiger charge is 2.22. The number of Topliss-reactive ketones (excluding diaryl/α,β-unsaturated/α-hetero) is 1. The highest BCUT2D eigenvalue weighted by atomic mass is 16.3. The number of fused-ring (bicyclic) bond motifs is 1. The van der Waals surface area contributed by atoms with E-state index in [1.165, 1.54) is 0 Å². The van der Waals surface area contributed by atoms with Gasteiger partial charge in [-0.1, -0.05) is 30.3 Å². The predicted octanol–water partition coefficient (Wildman–Crippen LogP) is 4.08. The highest BCUT2D eigenvalue weighted by molar-refractivity contribution is 5.99. The van der Waals surface area contributed by atoms with Crippen LogP contribution in [0.2, 0.25) is 0 Å². The first-order valence-electron chi connectivity index (χ1n) is 12.5. The quantitative estimate of drug-likeness (QED) is 0.399. The number of rotatable bonds is 7.